The van der Waals surface area contributed by atoms with Gasteiger partial charge in [0.2, 0.25) is 5.91 Å². The number of anilines is 1. The van der Waals surface area contributed by atoms with Crippen LogP contribution in [0.15, 0.2) is 12.3 Å². The Kier molecular flexibility index (Phi) is 9.06. The molecule has 2 heterocycles. The van der Waals surface area contributed by atoms with Gasteiger partial charge >= 0.3 is 12.1 Å². The Bertz CT molecular complexity index is 657. The van der Waals surface area contributed by atoms with Gasteiger partial charge in [-0.15, -0.1) is 0 Å². The maximum absolute atomic E-state index is 12.1. The molecule has 0 saturated carbocycles. The van der Waals surface area contributed by atoms with Gasteiger partial charge < -0.3 is 24.8 Å². The number of aromatic nitrogens is 2. The molecule has 1 aromatic rings. The number of hydrogen-bond donors (Lipinski definition) is 2. The van der Waals surface area contributed by atoms with Gasteiger partial charge in [-0.2, -0.15) is 13.2 Å². The topological polar surface area (TPSA) is 114 Å². The van der Waals surface area contributed by atoms with E-state index in [9.17, 15) is 18.0 Å². The van der Waals surface area contributed by atoms with Crippen LogP contribution >= 0.6 is 0 Å². The molecule has 1 aromatic heterocycles. The van der Waals surface area contributed by atoms with Gasteiger partial charge in [0.05, 0.1) is 13.2 Å². The Hall–Kier alpha value is -2.47. The fraction of sp³-hybridized carbons (Fsp3) is 0.625. The summed E-state index contributed by atoms with van der Waals surface area (Å²) in [7, 11) is 1.51. The number of nitrogens with zero attached hydrogens (tertiary/aromatic N) is 3. The molecular formula is C16H23F3N4O5. The lowest BCUT2D eigenvalue weighted by Gasteiger charge is -2.34. The molecule has 1 aliphatic rings. The van der Waals surface area contributed by atoms with Gasteiger partial charge in [-0.3, -0.25) is 4.79 Å². The summed E-state index contributed by atoms with van der Waals surface area (Å²) in [6.45, 7) is 5.59. The van der Waals surface area contributed by atoms with Crippen molar-refractivity contribution in [2.75, 3.05) is 38.8 Å². The van der Waals surface area contributed by atoms with Gasteiger partial charge in [0.1, 0.15) is 18.5 Å². The summed E-state index contributed by atoms with van der Waals surface area (Å²) < 4.78 is 42.1. The monoisotopic (exact) mass is 408 g/mol. The first kappa shape index (κ1) is 23.6. The molecule has 1 saturated heterocycles. The van der Waals surface area contributed by atoms with Crippen molar-refractivity contribution in [2.24, 2.45) is 0 Å². The normalized spacial score (nSPS) is 17.0. The third-order valence-electron chi connectivity index (χ3n) is 3.37. The van der Waals surface area contributed by atoms with Crippen molar-refractivity contribution in [3.63, 3.8) is 0 Å². The number of halogens is 3. The summed E-state index contributed by atoms with van der Waals surface area (Å²) in [5, 5.41) is 10.4. The fourth-order valence-electron chi connectivity index (χ4n) is 2.23. The van der Waals surface area contributed by atoms with E-state index in [1.54, 1.807) is 11.1 Å². The summed E-state index contributed by atoms with van der Waals surface area (Å²) >= 11 is 0. The van der Waals surface area contributed by atoms with Crippen LogP contribution in [-0.2, 0) is 19.1 Å². The van der Waals surface area contributed by atoms with Crippen LogP contribution in [0.5, 0.6) is 0 Å². The molecule has 0 radical (unpaired) electrons. The standard InChI is InChI=1S/C14H22N4O3.C2HF3O2/c1-10(2)16-12-4-5-15-14(17-12)11-8-21-7-6-18(11)13(19)9-20-3;3-2(4,5)1(6)7/h4-5,10-11H,6-9H2,1-3H3,(H,15,16,17);(H,6,7). The lowest BCUT2D eigenvalue weighted by molar-refractivity contribution is -0.192. The van der Waals surface area contributed by atoms with Gasteiger partial charge in [0.25, 0.3) is 0 Å². The molecule has 0 aliphatic carbocycles. The Morgan fingerprint density at radius 3 is 2.64 bits per heavy atom. The Morgan fingerprint density at radius 1 is 1.46 bits per heavy atom. The molecule has 12 heteroatoms. The minimum absolute atomic E-state index is 0.0560. The maximum atomic E-state index is 12.1. The second kappa shape index (κ2) is 10.8. The number of amides is 1. The average Bonchev–Trinajstić information content (AvgIpc) is 2.61. The predicted molar refractivity (Wildman–Crippen MR) is 91.6 cm³/mol. The molecule has 0 spiro atoms. The smallest absolute Gasteiger partial charge is 0.475 e. The van der Waals surface area contributed by atoms with Gasteiger partial charge in [0, 0.05) is 25.9 Å². The van der Waals surface area contributed by atoms with Crippen LogP contribution in [0, 0.1) is 0 Å². The van der Waals surface area contributed by atoms with E-state index < -0.39 is 12.1 Å². The molecule has 0 bridgehead atoms. The van der Waals surface area contributed by atoms with Crippen molar-refractivity contribution in [2.45, 2.75) is 32.1 Å². The molecule has 28 heavy (non-hydrogen) atoms. The largest absolute Gasteiger partial charge is 0.490 e. The van der Waals surface area contributed by atoms with Gasteiger partial charge in [-0.1, -0.05) is 0 Å². The second-order valence-electron chi connectivity index (χ2n) is 6.01. The quantitative estimate of drug-likeness (QED) is 0.753. The highest BCUT2D eigenvalue weighted by atomic mass is 19.4. The van der Waals surface area contributed by atoms with E-state index in [1.165, 1.54) is 7.11 Å². The van der Waals surface area contributed by atoms with E-state index in [0.29, 0.717) is 25.6 Å². The minimum Gasteiger partial charge on any atom is -0.475 e. The Labute approximate surface area is 159 Å². The van der Waals surface area contributed by atoms with E-state index in [2.05, 4.69) is 15.3 Å². The predicted octanol–water partition coefficient (Wildman–Crippen LogP) is 1.48. The van der Waals surface area contributed by atoms with E-state index in [-0.39, 0.29) is 24.6 Å². The van der Waals surface area contributed by atoms with Crippen LogP contribution in [-0.4, -0.2) is 77.5 Å². The Balaban J connectivity index is 0.000000480. The third-order valence-corrected chi connectivity index (χ3v) is 3.37. The first-order valence-corrected chi connectivity index (χ1v) is 8.32. The summed E-state index contributed by atoms with van der Waals surface area (Å²) in [5.41, 5.74) is 0. The molecule has 1 aliphatic heterocycles. The van der Waals surface area contributed by atoms with E-state index in [4.69, 9.17) is 19.4 Å². The molecule has 1 amide bonds. The first-order chi connectivity index (χ1) is 13.1. The summed E-state index contributed by atoms with van der Waals surface area (Å²) in [4.78, 5) is 31.5. The number of ether oxygens (including phenoxy) is 2. The van der Waals surface area contributed by atoms with Crippen LogP contribution < -0.4 is 5.32 Å². The number of rotatable bonds is 5. The van der Waals surface area contributed by atoms with Crippen LogP contribution in [0.4, 0.5) is 19.0 Å². The van der Waals surface area contributed by atoms with Crippen LogP contribution in [0.1, 0.15) is 25.7 Å². The lowest BCUT2D eigenvalue weighted by Crippen LogP contribution is -2.45. The van der Waals surface area contributed by atoms with Crippen molar-refractivity contribution in [1.82, 2.24) is 14.9 Å². The molecule has 2 rings (SSSR count). The van der Waals surface area contributed by atoms with Crippen molar-refractivity contribution in [3.8, 4) is 0 Å². The molecular weight excluding hydrogens is 385 g/mol. The number of carboxylic acid groups (broad SMARTS) is 1. The third kappa shape index (κ3) is 7.64. The summed E-state index contributed by atoms with van der Waals surface area (Å²) in [5.74, 6) is -1.49. The van der Waals surface area contributed by atoms with Crippen LogP contribution in [0.2, 0.25) is 0 Å². The highest BCUT2D eigenvalue weighted by molar-refractivity contribution is 5.78. The zero-order valence-corrected chi connectivity index (χ0v) is 15.7. The zero-order chi connectivity index (χ0) is 21.3. The van der Waals surface area contributed by atoms with E-state index in [0.717, 1.165) is 5.82 Å². The van der Waals surface area contributed by atoms with Gasteiger partial charge in [-0.25, -0.2) is 14.8 Å². The number of carbonyl (C=O) groups excluding carboxylic acids is 1. The number of morpholine rings is 1. The zero-order valence-electron chi connectivity index (χ0n) is 15.7. The number of carboxylic acids is 1. The minimum atomic E-state index is -5.08. The maximum Gasteiger partial charge on any atom is 0.490 e. The summed E-state index contributed by atoms with van der Waals surface area (Å²) in [6.07, 6.45) is -3.39. The van der Waals surface area contributed by atoms with Crippen molar-refractivity contribution >= 4 is 17.7 Å². The highest BCUT2D eigenvalue weighted by Crippen LogP contribution is 2.22. The van der Waals surface area contributed by atoms with Crippen LogP contribution in [0.25, 0.3) is 0 Å². The lowest BCUT2D eigenvalue weighted by atomic mass is 10.2. The first-order valence-electron chi connectivity index (χ1n) is 8.32. The van der Waals surface area contributed by atoms with E-state index in [1.807, 2.05) is 19.9 Å². The SMILES string of the molecule is COCC(=O)N1CCOCC1c1nccc(NC(C)C)n1.O=C(O)C(F)(F)F. The molecule has 0 aromatic carbocycles. The highest BCUT2D eigenvalue weighted by Gasteiger charge is 2.38. The van der Waals surface area contributed by atoms with Crippen molar-refractivity contribution in [3.05, 3.63) is 18.1 Å². The molecule has 1 fully saturated rings. The number of aliphatic carboxylic acids is 1. The average molecular weight is 408 g/mol. The molecule has 9 nitrogen and oxygen atoms in total. The number of methoxy groups -OCH3 is 1. The molecule has 158 valence electrons. The number of carbonyl (C=O) groups is 2. The molecule has 2 N–H and O–H groups in total. The molecule has 1 unspecified atom stereocenters. The van der Waals surface area contributed by atoms with Gasteiger partial charge in [-0.05, 0) is 19.9 Å². The van der Waals surface area contributed by atoms with E-state index >= 15 is 0 Å². The van der Waals surface area contributed by atoms with Crippen molar-refractivity contribution in [1.29, 1.82) is 0 Å². The molecule has 1 atom stereocenters. The van der Waals surface area contributed by atoms with Crippen molar-refractivity contribution < 1.29 is 37.3 Å². The van der Waals surface area contributed by atoms with Gasteiger partial charge in [0.15, 0.2) is 5.82 Å². The number of alkyl halides is 3. The number of nitrogens with one attached hydrogen (secondary N) is 1. The Morgan fingerprint density at radius 2 is 2.11 bits per heavy atom. The van der Waals surface area contributed by atoms with Crippen LogP contribution in [0.3, 0.4) is 0 Å². The fourth-order valence-corrected chi connectivity index (χ4v) is 2.23. The second-order valence-corrected chi connectivity index (χ2v) is 6.01. The number of hydrogen-bond acceptors (Lipinski definition) is 7. The summed E-state index contributed by atoms with van der Waals surface area (Å²) in [6, 6.07) is 1.83.